The fourth-order valence-electron chi connectivity index (χ4n) is 3.91. The Kier molecular flexibility index (Phi) is 7.88. The molecule has 5 N–H and O–H groups in total. The van der Waals surface area contributed by atoms with Gasteiger partial charge < -0.3 is 26.2 Å². The predicted molar refractivity (Wildman–Crippen MR) is 136 cm³/mol. The molecule has 0 radical (unpaired) electrons. The number of amides is 3. The first-order valence-electron chi connectivity index (χ1n) is 11.1. The summed E-state index contributed by atoms with van der Waals surface area (Å²) in [5, 5.41) is 27.0. The maximum atomic E-state index is 13.0. The Balaban J connectivity index is 1.95. The number of aliphatic hydroxyl groups is 1. The third-order valence-electron chi connectivity index (χ3n) is 5.57. The topological polar surface area (TPSA) is 128 Å². The summed E-state index contributed by atoms with van der Waals surface area (Å²) in [4.78, 5) is 37.4. The lowest BCUT2D eigenvalue weighted by atomic mass is 10.0. The van der Waals surface area contributed by atoms with E-state index in [1.54, 1.807) is 12.1 Å². The van der Waals surface area contributed by atoms with E-state index >= 15 is 0 Å². The van der Waals surface area contributed by atoms with E-state index in [2.05, 4.69) is 16.0 Å². The average Bonchev–Trinajstić information content (AvgIpc) is 2.79. The second-order valence-corrected chi connectivity index (χ2v) is 8.51. The van der Waals surface area contributed by atoms with Gasteiger partial charge in [0.25, 0.3) is 5.91 Å². The van der Waals surface area contributed by atoms with E-state index in [9.17, 15) is 24.6 Å². The molecule has 0 aliphatic heterocycles. The van der Waals surface area contributed by atoms with Gasteiger partial charge in [0, 0.05) is 5.69 Å². The van der Waals surface area contributed by atoms with Crippen LogP contribution in [0, 0.1) is 20.8 Å². The van der Waals surface area contributed by atoms with Crippen molar-refractivity contribution in [3.05, 3.63) is 82.9 Å². The number of anilines is 2. The van der Waals surface area contributed by atoms with Crippen molar-refractivity contribution in [1.29, 1.82) is 0 Å². The first-order chi connectivity index (χ1) is 16.6. The number of hydrogen-bond acceptors (Lipinski definition) is 4. The van der Waals surface area contributed by atoms with Crippen molar-refractivity contribution in [1.82, 2.24) is 5.32 Å². The number of rotatable bonds is 7. The standard InChI is InChI=1S/C27H29N3O5/c1-15-12-16(2)23(17(3)13-15)30-27(35)28-22-14-20(19-8-6-5-7-9-19)10-11-21(22)25(32)29-24(18(4)31)26(33)34/h5-14,18,24,31H,1-4H3,(H,29,32)(H,33,34)(H2,28,30,35)/t18-,24+/m1/s1. The number of carboxylic acid groups (broad SMARTS) is 1. The monoisotopic (exact) mass is 475 g/mol. The minimum atomic E-state index is -1.50. The summed E-state index contributed by atoms with van der Waals surface area (Å²) in [5.74, 6) is -2.11. The number of nitrogens with one attached hydrogen (secondary N) is 3. The number of aliphatic hydroxyl groups excluding tert-OH is 1. The number of aryl methyl sites for hydroxylation is 3. The number of urea groups is 1. The summed E-state index contributed by atoms with van der Waals surface area (Å²) in [6, 6.07) is 16.1. The van der Waals surface area contributed by atoms with Gasteiger partial charge in [0.05, 0.1) is 17.4 Å². The molecular formula is C27H29N3O5. The van der Waals surface area contributed by atoms with E-state index in [0.29, 0.717) is 5.69 Å². The van der Waals surface area contributed by atoms with Crippen molar-refractivity contribution in [2.75, 3.05) is 10.6 Å². The summed E-state index contributed by atoms with van der Waals surface area (Å²) < 4.78 is 0. The Bertz CT molecular complexity index is 1230. The molecule has 35 heavy (non-hydrogen) atoms. The van der Waals surface area contributed by atoms with Gasteiger partial charge in [0.2, 0.25) is 0 Å². The van der Waals surface area contributed by atoms with Gasteiger partial charge in [0.15, 0.2) is 6.04 Å². The van der Waals surface area contributed by atoms with Crippen LogP contribution in [0.4, 0.5) is 16.2 Å². The van der Waals surface area contributed by atoms with Crippen molar-refractivity contribution in [3.63, 3.8) is 0 Å². The molecule has 0 aliphatic rings. The average molecular weight is 476 g/mol. The van der Waals surface area contributed by atoms with Crippen molar-refractivity contribution in [2.45, 2.75) is 39.8 Å². The van der Waals surface area contributed by atoms with Crippen LogP contribution < -0.4 is 16.0 Å². The maximum Gasteiger partial charge on any atom is 0.328 e. The van der Waals surface area contributed by atoms with E-state index in [4.69, 9.17) is 0 Å². The highest BCUT2D eigenvalue weighted by Crippen LogP contribution is 2.27. The molecule has 3 aromatic carbocycles. The molecule has 3 aromatic rings. The van der Waals surface area contributed by atoms with Crippen LogP contribution in [-0.2, 0) is 4.79 Å². The molecule has 0 aliphatic carbocycles. The normalized spacial score (nSPS) is 12.4. The Morgan fingerprint density at radius 2 is 1.46 bits per heavy atom. The van der Waals surface area contributed by atoms with Crippen LogP contribution in [0.15, 0.2) is 60.7 Å². The molecule has 0 saturated heterocycles. The van der Waals surface area contributed by atoms with Crippen molar-refractivity contribution in [3.8, 4) is 11.1 Å². The molecule has 0 unspecified atom stereocenters. The zero-order chi connectivity index (χ0) is 25.7. The molecule has 3 rings (SSSR count). The Labute approximate surface area is 204 Å². The van der Waals surface area contributed by atoms with E-state index in [-0.39, 0.29) is 11.3 Å². The number of carbonyl (C=O) groups excluding carboxylic acids is 2. The van der Waals surface area contributed by atoms with Gasteiger partial charge >= 0.3 is 12.0 Å². The number of carboxylic acids is 1. The highest BCUT2D eigenvalue weighted by Gasteiger charge is 2.27. The van der Waals surface area contributed by atoms with Crippen LogP contribution in [0.2, 0.25) is 0 Å². The second kappa shape index (κ2) is 10.8. The van der Waals surface area contributed by atoms with Crippen molar-refractivity contribution >= 4 is 29.3 Å². The van der Waals surface area contributed by atoms with Gasteiger partial charge in [-0.2, -0.15) is 0 Å². The van der Waals surface area contributed by atoms with Crippen LogP contribution >= 0.6 is 0 Å². The predicted octanol–water partition coefficient (Wildman–Crippen LogP) is 4.49. The molecule has 0 spiro atoms. The Morgan fingerprint density at radius 3 is 2.03 bits per heavy atom. The second-order valence-electron chi connectivity index (χ2n) is 8.51. The zero-order valence-electron chi connectivity index (χ0n) is 20.0. The van der Waals surface area contributed by atoms with Crippen molar-refractivity contribution < 1.29 is 24.6 Å². The van der Waals surface area contributed by atoms with Gasteiger partial charge in [-0.1, -0.05) is 54.1 Å². The quantitative estimate of drug-likeness (QED) is 0.344. The van der Waals surface area contributed by atoms with Crippen LogP contribution in [0.25, 0.3) is 11.1 Å². The minimum absolute atomic E-state index is 0.0593. The molecular weight excluding hydrogens is 446 g/mol. The number of aliphatic carboxylic acids is 1. The highest BCUT2D eigenvalue weighted by atomic mass is 16.4. The van der Waals surface area contributed by atoms with Gasteiger partial charge in [-0.05, 0) is 62.1 Å². The van der Waals surface area contributed by atoms with E-state index in [1.807, 2.05) is 63.2 Å². The summed E-state index contributed by atoms with van der Waals surface area (Å²) in [7, 11) is 0. The molecule has 8 heteroatoms. The van der Waals surface area contributed by atoms with Gasteiger partial charge in [-0.25, -0.2) is 9.59 Å². The number of benzene rings is 3. The first kappa shape index (κ1) is 25.5. The Morgan fingerprint density at radius 1 is 0.829 bits per heavy atom. The molecule has 3 amide bonds. The van der Waals surface area contributed by atoms with Crippen LogP contribution in [0.1, 0.15) is 34.0 Å². The zero-order valence-corrected chi connectivity index (χ0v) is 20.0. The lowest BCUT2D eigenvalue weighted by molar-refractivity contribution is -0.141. The largest absolute Gasteiger partial charge is 0.480 e. The molecule has 8 nitrogen and oxygen atoms in total. The Hall–Kier alpha value is -4.17. The lowest BCUT2D eigenvalue weighted by Gasteiger charge is -2.19. The smallest absolute Gasteiger partial charge is 0.328 e. The summed E-state index contributed by atoms with van der Waals surface area (Å²) in [6.07, 6.45) is -1.31. The highest BCUT2D eigenvalue weighted by molar-refractivity contribution is 6.08. The first-order valence-corrected chi connectivity index (χ1v) is 11.1. The molecule has 2 atom stereocenters. The fraction of sp³-hybridized carbons (Fsp3) is 0.222. The summed E-state index contributed by atoms with van der Waals surface area (Å²) >= 11 is 0. The molecule has 0 fully saturated rings. The van der Waals surface area contributed by atoms with E-state index in [1.165, 1.54) is 13.0 Å². The van der Waals surface area contributed by atoms with Crippen LogP contribution in [0.3, 0.4) is 0 Å². The third kappa shape index (κ3) is 6.24. The van der Waals surface area contributed by atoms with Crippen molar-refractivity contribution in [2.24, 2.45) is 0 Å². The number of carbonyl (C=O) groups is 3. The minimum Gasteiger partial charge on any atom is -0.480 e. The van der Waals surface area contributed by atoms with Gasteiger partial charge in [0.1, 0.15) is 0 Å². The molecule has 0 aromatic heterocycles. The van der Waals surface area contributed by atoms with E-state index < -0.39 is 30.1 Å². The molecule has 182 valence electrons. The third-order valence-corrected chi connectivity index (χ3v) is 5.57. The van der Waals surface area contributed by atoms with Gasteiger partial charge in [-0.3, -0.25) is 4.79 Å². The SMILES string of the molecule is Cc1cc(C)c(NC(=O)Nc2cc(-c3ccccc3)ccc2C(=O)N[C@H](C(=O)O)[C@@H](C)O)c(C)c1. The van der Waals surface area contributed by atoms with E-state index in [0.717, 1.165) is 27.8 Å². The molecule has 0 bridgehead atoms. The van der Waals surface area contributed by atoms with Crippen LogP contribution in [-0.4, -0.2) is 40.3 Å². The summed E-state index contributed by atoms with van der Waals surface area (Å²) in [6.45, 7) is 7.04. The number of hydrogen-bond donors (Lipinski definition) is 5. The summed E-state index contributed by atoms with van der Waals surface area (Å²) in [5.41, 5.74) is 5.42. The fourth-order valence-corrected chi connectivity index (χ4v) is 3.91. The lowest BCUT2D eigenvalue weighted by Crippen LogP contribution is -2.47. The maximum absolute atomic E-state index is 13.0. The molecule has 0 heterocycles. The molecule has 0 saturated carbocycles. The van der Waals surface area contributed by atoms with Crippen LogP contribution in [0.5, 0.6) is 0 Å². The van der Waals surface area contributed by atoms with Gasteiger partial charge in [-0.15, -0.1) is 0 Å².